The van der Waals surface area contributed by atoms with E-state index in [0.29, 0.717) is 24.5 Å². The number of ether oxygens (including phenoxy) is 2. The summed E-state index contributed by atoms with van der Waals surface area (Å²) in [5.74, 6) is -0.155. The third-order valence-corrected chi connectivity index (χ3v) is 2.01. The number of nitrogen functional groups attached to an aromatic ring is 1. The summed E-state index contributed by atoms with van der Waals surface area (Å²) in [6, 6.07) is 4.93. The highest BCUT2D eigenvalue weighted by Crippen LogP contribution is 2.25. The van der Waals surface area contributed by atoms with Gasteiger partial charge in [0.15, 0.2) is 0 Å². The van der Waals surface area contributed by atoms with Gasteiger partial charge in [0.05, 0.1) is 13.7 Å². The minimum absolute atomic E-state index is 0.0376. The quantitative estimate of drug-likeness (QED) is 0.440. The number of aliphatic hydroxyl groups is 1. The molecule has 1 aromatic rings. The average Bonchev–Trinajstić information content (AvgIpc) is 2.29. The first-order valence-corrected chi connectivity index (χ1v) is 4.91. The van der Waals surface area contributed by atoms with Gasteiger partial charge in [-0.2, -0.15) is 0 Å². The van der Waals surface area contributed by atoms with Crippen LogP contribution in [-0.2, 0) is 4.74 Å². The summed E-state index contributed by atoms with van der Waals surface area (Å²) in [5, 5.41) is 8.63. The number of hydrogen-bond acceptors (Lipinski definition) is 5. The van der Waals surface area contributed by atoms with Crippen LogP contribution < -0.4 is 10.5 Å². The number of rotatable bonds is 5. The summed E-state index contributed by atoms with van der Waals surface area (Å²) in [6.07, 6.45) is 0.495. The minimum Gasteiger partial charge on any atom is -0.493 e. The van der Waals surface area contributed by atoms with Gasteiger partial charge in [-0.1, -0.05) is 6.07 Å². The van der Waals surface area contributed by atoms with Gasteiger partial charge in [0.25, 0.3) is 0 Å². The van der Waals surface area contributed by atoms with Gasteiger partial charge in [0.1, 0.15) is 11.3 Å². The molecular formula is C11H15NO4. The maximum absolute atomic E-state index is 11.5. The molecule has 0 aromatic heterocycles. The fourth-order valence-electron chi connectivity index (χ4n) is 1.24. The van der Waals surface area contributed by atoms with Crippen molar-refractivity contribution in [2.75, 3.05) is 26.1 Å². The van der Waals surface area contributed by atoms with E-state index in [-0.39, 0.29) is 12.2 Å². The topological polar surface area (TPSA) is 81.8 Å². The molecule has 5 heteroatoms. The number of aliphatic hydroxyl groups excluding tert-OH is 1. The van der Waals surface area contributed by atoms with Gasteiger partial charge >= 0.3 is 5.97 Å². The second-order valence-corrected chi connectivity index (χ2v) is 3.14. The molecule has 0 radical (unpaired) electrons. The van der Waals surface area contributed by atoms with Crippen molar-refractivity contribution in [3.8, 4) is 5.75 Å². The Morgan fingerprint density at radius 2 is 2.25 bits per heavy atom. The summed E-state index contributed by atoms with van der Waals surface area (Å²) in [6.45, 7) is 0.361. The number of anilines is 1. The van der Waals surface area contributed by atoms with Gasteiger partial charge in [-0.3, -0.25) is 0 Å². The predicted molar refractivity (Wildman–Crippen MR) is 59.4 cm³/mol. The second-order valence-electron chi connectivity index (χ2n) is 3.14. The molecular weight excluding hydrogens is 210 g/mol. The summed E-state index contributed by atoms with van der Waals surface area (Å²) in [4.78, 5) is 11.5. The van der Waals surface area contributed by atoms with Crippen molar-refractivity contribution in [1.82, 2.24) is 0 Å². The Morgan fingerprint density at radius 1 is 1.50 bits per heavy atom. The van der Waals surface area contributed by atoms with Gasteiger partial charge in [0, 0.05) is 18.7 Å². The van der Waals surface area contributed by atoms with Crippen LogP contribution in [0.3, 0.4) is 0 Å². The van der Waals surface area contributed by atoms with Crippen LogP contribution in [0, 0.1) is 0 Å². The lowest BCUT2D eigenvalue weighted by atomic mass is 10.1. The third kappa shape index (κ3) is 2.87. The zero-order chi connectivity index (χ0) is 12.0. The molecule has 5 nitrogen and oxygen atoms in total. The van der Waals surface area contributed by atoms with Gasteiger partial charge < -0.3 is 20.3 Å². The van der Waals surface area contributed by atoms with Gasteiger partial charge in [-0.05, 0) is 12.1 Å². The molecule has 0 aliphatic carbocycles. The average molecular weight is 225 g/mol. The highest BCUT2D eigenvalue weighted by molar-refractivity contribution is 5.98. The van der Waals surface area contributed by atoms with Crippen LogP contribution in [0.2, 0.25) is 0 Å². The molecule has 0 amide bonds. The number of carbonyl (C=O) groups is 1. The molecule has 1 aromatic carbocycles. The Balaban J connectivity index is 2.89. The van der Waals surface area contributed by atoms with Crippen LogP contribution in [0.25, 0.3) is 0 Å². The molecule has 0 fully saturated rings. The number of carbonyl (C=O) groups excluding carboxylic acids is 1. The first-order chi connectivity index (χ1) is 7.70. The Morgan fingerprint density at radius 3 is 2.88 bits per heavy atom. The predicted octanol–water partition coefficient (Wildman–Crippen LogP) is 0.817. The second kappa shape index (κ2) is 5.97. The van der Waals surface area contributed by atoms with Crippen molar-refractivity contribution in [1.29, 1.82) is 0 Å². The Bertz CT molecular complexity index is 365. The highest BCUT2D eigenvalue weighted by atomic mass is 16.5. The molecule has 16 heavy (non-hydrogen) atoms. The number of hydrogen-bond donors (Lipinski definition) is 2. The molecule has 0 aliphatic rings. The lowest BCUT2D eigenvalue weighted by molar-refractivity contribution is 0.0597. The van der Waals surface area contributed by atoms with Crippen LogP contribution in [0.4, 0.5) is 5.69 Å². The largest absolute Gasteiger partial charge is 0.493 e. The van der Waals surface area contributed by atoms with Crippen molar-refractivity contribution in [3.63, 3.8) is 0 Å². The smallest absolute Gasteiger partial charge is 0.343 e. The summed E-state index contributed by atoms with van der Waals surface area (Å²) < 4.78 is 9.96. The van der Waals surface area contributed by atoms with E-state index >= 15 is 0 Å². The van der Waals surface area contributed by atoms with E-state index in [1.807, 2.05) is 0 Å². The van der Waals surface area contributed by atoms with Gasteiger partial charge in [0.2, 0.25) is 0 Å². The van der Waals surface area contributed by atoms with E-state index in [0.717, 1.165) is 0 Å². The third-order valence-electron chi connectivity index (χ3n) is 2.01. The van der Waals surface area contributed by atoms with E-state index in [9.17, 15) is 4.79 Å². The van der Waals surface area contributed by atoms with Crippen LogP contribution in [0.15, 0.2) is 18.2 Å². The Hall–Kier alpha value is -1.75. The van der Waals surface area contributed by atoms with E-state index in [1.165, 1.54) is 7.11 Å². The number of benzene rings is 1. The van der Waals surface area contributed by atoms with Crippen molar-refractivity contribution in [3.05, 3.63) is 23.8 Å². The van der Waals surface area contributed by atoms with E-state index in [1.54, 1.807) is 18.2 Å². The maximum atomic E-state index is 11.5. The van der Waals surface area contributed by atoms with Crippen molar-refractivity contribution in [2.24, 2.45) is 0 Å². The fraction of sp³-hybridized carbons (Fsp3) is 0.364. The van der Waals surface area contributed by atoms with Crippen molar-refractivity contribution in [2.45, 2.75) is 6.42 Å². The van der Waals surface area contributed by atoms with Gasteiger partial charge in [-0.25, -0.2) is 4.79 Å². The zero-order valence-electron chi connectivity index (χ0n) is 9.10. The molecule has 0 unspecified atom stereocenters. The van der Waals surface area contributed by atoms with E-state index in [2.05, 4.69) is 4.74 Å². The summed E-state index contributed by atoms with van der Waals surface area (Å²) in [5.41, 5.74) is 6.21. The first-order valence-electron chi connectivity index (χ1n) is 4.91. The monoisotopic (exact) mass is 225 g/mol. The molecule has 0 aliphatic heterocycles. The molecule has 0 atom stereocenters. The van der Waals surface area contributed by atoms with Crippen molar-refractivity contribution >= 4 is 11.7 Å². The highest BCUT2D eigenvalue weighted by Gasteiger charge is 2.16. The molecule has 0 heterocycles. The number of methoxy groups -OCH3 is 1. The molecule has 0 saturated carbocycles. The molecule has 0 spiro atoms. The minimum atomic E-state index is -0.530. The van der Waals surface area contributed by atoms with Crippen molar-refractivity contribution < 1.29 is 19.4 Å². The van der Waals surface area contributed by atoms with E-state index in [4.69, 9.17) is 15.6 Å². The molecule has 88 valence electrons. The number of esters is 1. The van der Waals surface area contributed by atoms with Crippen LogP contribution in [0.1, 0.15) is 16.8 Å². The molecule has 1 rings (SSSR count). The summed E-state index contributed by atoms with van der Waals surface area (Å²) >= 11 is 0. The van der Waals surface area contributed by atoms with Crippen LogP contribution in [0.5, 0.6) is 5.75 Å². The fourth-order valence-corrected chi connectivity index (χ4v) is 1.24. The summed E-state index contributed by atoms with van der Waals surface area (Å²) in [7, 11) is 1.28. The zero-order valence-corrected chi connectivity index (χ0v) is 9.10. The van der Waals surface area contributed by atoms with E-state index < -0.39 is 5.97 Å². The first kappa shape index (κ1) is 12.3. The molecule has 0 bridgehead atoms. The Kier molecular flexibility index (Phi) is 4.60. The molecule has 3 N–H and O–H groups in total. The normalized spacial score (nSPS) is 9.88. The maximum Gasteiger partial charge on any atom is 0.343 e. The lowest BCUT2D eigenvalue weighted by Gasteiger charge is -2.11. The molecule has 0 saturated heterocycles. The number of nitrogens with two attached hydrogens (primary N) is 1. The Labute approximate surface area is 93.8 Å². The van der Waals surface area contributed by atoms with Crippen LogP contribution in [-0.4, -0.2) is 31.4 Å². The lowest BCUT2D eigenvalue weighted by Crippen LogP contribution is -2.10. The SMILES string of the molecule is COC(=O)c1c(N)cccc1OCCCO. The standard InChI is InChI=1S/C11H15NO4/c1-15-11(14)10-8(12)4-2-5-9(10)16-7-3-6-13/h2,4-5,13H,3,6-7,12H2,1H3. The van der Waals surface area contributed by atoms with Gasteiger partial charge in [-0.15, -0.1) is 0 Å². The van der Waals surface area contributed by atoms with Crippen LogP contribution >= 0.6 is 0 Å².